The maximum atomic E-state index is 12.6. The number of azo groups is 1. The van der Waals surface area contributed by atoms with Gasteiger partial charge in [-0.05, 0) is 88.3 Å². The molecule has 0 fully saturated rings. The lowest BCUT2D eigenvalue weighted by Crippen LogP contribution is -2.11. The monoisotopic (exact) mass is 586 g/mol. The lowest BCUT2D eigenvalue weighted by atomic mass is 10.0. The molecule has 5 aromatic rings. The zero-order valence-corrected chi connectivity index (χ0v) is 20.9. The highest BCUT2D eigenvalue weighted by molar-refractivity contribution is 14.1. The summed E-state index contributed by atoms with van der Waals surface area (Å²) in [6.45, 7) is 0. The number of rotatable bonds is 5. The van der Waals surface area contributed by atoms with E-state index in [0.717, 1.165) is 14.7 Å². The molecular weight excluding hydrogens is 567 g/mol. The number of aromatic amines is 1. The van der Waals surface area contributed by atoms with Crippen LogP contribution >= 0.6 is 22.6 Å². The highest BCUT2D eigenvalue weighted by Gasteiger charge is 2.13. The SMILES string of the molecule is O=C(N=Nc1c(O)[nH]c2ccc(I)cc12)c1ccc(NC(=O)c2ccc(-c3ccccc3)cc2)cc1. The van der Waals surface area contributed by atoms with Crippen LogP contribution in [0.5, 0.6) is 5.88 Å². The van der Waals surface area contributed by atoms with Gasteiger partial charge in [-0.2, -0.15) is 0 Å². The van der Waals surface area contributed by atoms with Gasteiger partial charge in [0.05, 0.1) is 5.52 Å². The van der Waals surface area contributed by atoms with Crippen LogP contribution in [0.25, 0.3) is 22.0 Å². The van der Waals surface area contributed by atoms with Crippen LogP contribution in [0.4, 0.5) is 11.4 Å². The molecule has 2 amide bonds. The third-order valence-electron chi connectivity index (χ3n) is 5.60. The molecule has 0 unspecified atom stereocenters. The third-order valence-corrected chi connectivity index (χ3v) is 6.27. The fraction of sp³-hybridized carbons (Fsp3) is 0. The molecule has 0 spiro atoms. The highest BCUT2D eigenvalue weighted by atomic mass is 127. The van der Waals surface area contributed by atoms with Crippen molar-refractivity contribution < 1.29 is 14.7 Å². The molecule has 0 atom stereocenters. The van der Waals surface area contributed by atoms with Crippen molar-refractivity contribution in [3.63, 3.8) is 0 Å². The Morgan fingerprint density at radius 1 is 0.806 bits per heavy atom. The van der Waals surface area contributed by atoms with Gasteiger partial charge in [-0.1, -0.05) is 42.5 Å². The fourth-order valence-electron chi connectivity index (χ4n) is 3.73. The van der Waals surface area contributed by atoms with E-state index in [0.29, 0.717) is 27.7 Å². The first kappa shape index (κ1) is 23.4. The van der Waals surface area contributed by atoms with E-state index in [2.05, 4.69) is 43.1 Å². The Balaban J connectivity index is 1.25. The minimum absolute atomic E-state index is 0.154. The van der Waals surface area contributed by atoms with Crippen molar-refractivity contribution in [3.05, 3.63) is 112 Å². The molecule has 0 radical (unpaired) electrons. The summed E-state index contributed by atoms with van der Waals surface area (Å²) in [5.41, 5.74) is 4.39. The van der Waals surface area contributed by atoms with Gasteiger partial charge >= 0.3 is 0 Å². The number of amides is 2. The number of aromatic nitrogens is 1. The Morgan fingerprint density at radius 3 is 2.19 bits per heavy atom. The molecule has 0 saturated heterocycles. The number of hydrogen-bond donors (Lipinski definition) is 3. The average molecular weight is 586 g/mol. The molecule has 0 aliphatic heterocycles. The third kappa shape index (κ3) is 5.03. The summed E-state index contributed by atoms with van der Waals surface area (Å²) < 4.78 is 0.964. The van der Waals surface area contributed by atoms with Crippen LogP contribution in [0.3, 0.4) is 0 Å². The lowest BCUT2D eigenvalue weighted by molar-refractivity contribution is 0.0993. The van der Waals surface area contributed by atoms with Gasteiger partial charge < -0.3 is 15.4 Å². The second-order valence-electron chi connectivity index (χ2n) is 7.99. The number of nitrogens with one attached hydrogen (secondary N) is 2. The number of nitrogens with zero attached hydrogens (tertiary/aromatic N) is 2. The van der Waals surface area contributed by atoms with E-state index in [9.17, 15) is 14.7 Å². The van der Waals surface area contributed by atoms with Crippen LogP contribution < -0.4 is 5.32 Å². The molecule has 1 aromatic heterocycles. The van der Waals surface area contributed by atoms with E-state index < -0.39 is 5.91 Å². The molecule has 0 aliphatic carbocycles. The topological polar surface area (TPSA) is 107 Å². The number of halogens is 1. The Morgan fingerprint density at radius 2 is 1.47 bits per heavy atom. The van der Waals surface area contributed by atoms with Crippen LogP contribution in [-0.4, -0.2) is 21.9 Å². The van der Waals surface area contributed by atoms with Crippen molar-refractivity contribution in [2.24, 2.45) is 10.2 Å². The number of benzene rings is 4. The van der Waals surface area contributed by atoms with Crippen molar-refractivity contribution in [1.82, 2.24) is 4.98 Å². The molecule has 176 valence electrons. The number of aromatic hydroxyl groups is 1. The largest absolute Gasteiger partial charge is 0.493 e. The summed E-state index contributed by atoms with van der Waals surface area (Å²) >= 11 is 2.16. The molecule has 0 bridgehead atoms. The first-order chi connectivity index (χ1) is 17.5. The van der Waals surface area contributed by atoms with Gasteiger partial charge in [-0.25, -0.2) is 0 Å². The van der Waals surface area contributed by atoms with E-state index in [4.69, 9.17) is 0 Å². The zero-order valence-electron chi connectivity index (χ0n) is 18.8. The van der Waals surface area contributed by atoms with Gasteiger partial charge in [-0.3, -0.25) is 9.59 Å². The van der Waals surface area contributed by atoms with E-state index in [1.54, 1.807) is 36.4 Å². The summed E-state index contributed by atoms with van der Waals surface area (Å²) in [6.07, 6.45) is 0. The second-order valence-corrected chi connectivity index (χ2v) is 9.24. The molecule has 7 nitrogen and oxygen atoms in total. The predicted octanol–water partition coefficient (Wildman–Crippen LogP) is 7.32. The molecule has 8 heteroatoms. The number of fused-ring (bicyclic) bond motifs is 1. The molecule has 3 N–H and O–H groups in total. The first-order valence-electron chi connectivity index (χ1n) is 11.0. The van der Waals surface area contributed by atoms with Crippen LogP contribution in [0.1, 0.15) is 20.7 Å². The molecular formula is C28H19IN4O3. The van der Waals surface area contributed by atoms with Gasteiger partial charge in [-0.15, -0.1) is 10.2 Å². The van der Waals surface area contributed by atoms with Crippen molar-refractivity contribution >= 4 is 56.7 Å². The number of carbonyl (C=O) groups is 2. The van der Waals surface area contributed by atoms with Crippen molar-refractivity contribution in [2.75, 3.05) is 5.32 Å². The van der Waals surface area contributed by atoms with Gasteiger partial charge in [0.25, 0.3) is 11.8 Å². The molecule has 0 aliphatic rings. The maximum absolute atomic E-state index is 12.6. The minimum Gasteiger partial charge on any atom is -0.493 e. The average Bonchev–Trinajstić information content (AvgIpc) is 3.22. The summed E-state index contributed by atoms with van der Waals surface area (Å²) in [5.74, 6) is -0.972. The van der Waals surface area contributed by atoms with Crippen LogP contribution in [-0.2, 0) is 0 Å². The fourth-order valence-corrected chi connectivity index (χ4v) is 4.23. The first-order valence-corrected chi connectivity index (χ1v) is 12.1. The Labute approximate surface area is 220 Å². The quantitative estimate of drug-likeness (QED) is 0.148. The van der Waals surface area contributed by atoms with E-state index in [1.807, 2.05) is 60.7 Å². The number of H-pyrrole nitrogens is 1. The van der Waals surface area contributed by atoms with Crippen LogP contribution in [0, 0.1) is 3.57 Å². The number of hydrogen-bond acceptors (Lipinski definition) is 4. The van der Waals surface area contributed by atoms with Gasteiger partial charge in [0.15, 0.2) is 5.69 Å². The summed E-state index contributed by atoms with van der Waals surface area (Å²) in [7, 11) is 0. The maximum Gasteiger partial charge on any atom is 0.295 e. The van der Waals surface area contributed by atoms with E-state index in [-0.39, 0.29) is 17.5 Å². The van der Waals surface area contributed by atoms with Crippen molar-refractivity contribution in [3.8, 4) is 17.0 Å². The van der Waals surface area contributed by atoms with E-state index >= 15 is 0 Å². The lowest BCUT2D eigenvalue weighted by Gasteiger charge is -2.07. The van der Waals surface area contributed by atoms with Gasteiger partial charge in [0, 0.05) is 25.8 Å². The smallest absolute Gasteiger partial charge is 0.295 e. The Bertz CT molecular complexity index is 1590. The van der Waals surface area contributed by atoms with Crippen molar-refractivity contribution in [2.45, 2.75) is 0 Å². The molecule has 1 heterocycles. The van der Waals surface area contributed by atoms with Gasteiger partial charge in [0.1, 0.15) is 0 Å². The number of anilines is 1. The standard InChI is InChI=1S/C28H19IN4O3/c29-21-12-15-24-23(16-21)25(28(36)31-24)32-33-27(35)20-10-13-22(14-11-20)30-26(34)19-8-6-18(7-9-19)17-4-2-1-3-5-17/h1-16,31,36H,(H,30,34). The van der Waals surface area contributed by atoms with Crippen molar-refractivity contribution in [1.29, 1.82) is 0 Å². The normalized spacial score (nSPS) is 11.1. The summed E-state index contributed by atoms with van der Waals surface area (Å²) in [5, 5.41) is 21.4. The zero-order chi connectivity index (χ0) is 25.1. The highest BCUT2D eigenvalue weighted by Crippen LogP contribution is 2.36. The molecule has 4 aromatic carbocycles. The number of carbonyl (C=O) groups excluding carboxylic acids is 2. The Hall–Kier alpha value is -4.31. The summed E-state index contributed by atoms with van der Waals surface area (Å²) in [6, 6.07) is 29.2. The molecule has 36 heavy (non-hydrogen) atoms. The van der Waals surface area contributed by atoms with Gasteiger partial charge in [0.2, 0.25) is 5.88 Å². The van der Waals surface area contributed by atoms with Crippen LogP contribution in [0.2, 0.25) is 0 Å². The molecule has 5 rings (SSSR count). The second kappa shape index (κ2) is 10.1. The Kier molecular flexibility index (Phi) is 6.59. The molecule has 0 saturated carbocycles. The minimum atomic E-state index is -0.566. The van der Waals surface area contributed by atoms with E-state index in [1.165, 1.54) is 0 Å². The summed E-state index contributed by atoms with van der Waals surface area (Å²) in [4.78, 5) is 28.0. The predicted molar refractivity (Wildman–Crippen MR) is 148 cm³/mol. The van der Waals surface area contributed by atoms with Crippen LogP contribution in [0.15, 0.2) is 107 Å².